The van der Waals surface area contributed by atoms with Crippen molar-refractivity contribution in [3.63, 3.8) is 0 Å². The Morgan fingerprint density at radius 2 is 1.81 bits per heavy atom. The second-order valence-corrected chi connectivity index (χ2v) is 6.15. The SMILES string of the molecule is CC[C@@]1(c2ccccc2)NC(=O)N(NC(=S)Nc2ccccc2F)C1=O. The fraction of sp³-hybridized carbons (Fsp3) is 0.167. The summed E-state index contributed by atoms with van der Waals surface area (Å²) in [6.45, 7) is 1.81. The van der Waals surface area contributed by atoms with Gasteiger partial charge >= 0.3 is 6.03 Å². The predicted molar refractivity (Wildman–Crippen MR) is 99.5 cm³/mol. The molecule has 1 aliphatic heterocycles. The maximum Gasteiger partial charge on any atom is 0.344 e. The molecular formula is C18H17FN4O2S. The van der Waals surface area contributed by atoms with Crippen LogP contribution >= 0.6 is 12.2 Å². The topological polar surface area (TPSA) is 73.5 Å². The van der Waals surface area contributed by atoms with E-state index in [9.17, 15) is 14.0 Å². The quantitative estimate of drug-likeness (QED) is 0.569. The van der Waals surface area contributed by atoms with Gasteiger partial charge in [-0.15, -0.1) is 0 Å². The van der Waals surface area contributed by atoms with E-state index in [1.165, 1.54) is 12.1 Å². The Hall–Kier alpha value is -3.00. The number of urea groups is 1. The summed E-state index contributed by atoms with van der Waals surface area (Å²) in [6.07, 6.45) is 0.368. The van der Waals surface area contributed by atoms with Gasteiger partial charge in [0, 0.05) is 0 Å². The van der Waals surface area contributed by atoms with E-state index < -0.39 is 23.3 Å². The zero-order chi connectivity index (χ0) is 18.7. The molecule has 6 nitrogen and oxygen atoms in total. The molecule has 3 rings (SSSR count). The summed E-state index contributed by atoms with van der Waals surface area (Å²) in [5.41, 5.74) is 2.19. The minimum absolute atomic E-state index is 0.0708. The smallest absolute Gasteiger partial charge is 0.329 e. The van der Waals surface area contributed by atoms with Gasteiger partial charge in [0.2, 0.25) is 0 Å². The van der Waals surface area contributed by atoms with Gasteiger partial charge in [0.05, 0.1) is 5.69 Å². The molecule has 1 atom stereocenters. The number of hydrogen-bond donors (Lipinski definition) is 3. The minimum Gasteiger partial charge on any atom is -0.329 e. The molecule has 134 valence electrons. The van der Waals surface area contributed by atoms with E-state index in [1.54, 1.807) is 36.4 Å². The lowest BCUT2D eigenvalue weighted by atomic mass is 9.87. The molecule has 0 spiro atoms. The molecular weight excluding hydrogens is 355 g/mol. The summed E-state index contributed by atoms with van der Waals surface area (Å²) in [5.74, 6) is -0.977. The number of thiocarbonyl (C=S) groups is 1. The first-order valence-electron chi connectivity index (χ1n) is 8.02. The first-order chi connectivity index (χ1) is 12.5. The van der Waals surface area contributed by atoms with E-state index >= 15 is 0 Å². The van der Waals surface area contributed by atoms with Crippen LogP contribution in [0.3, 0.4) is 0 Å². The van der Waals surface area contributed by atoms with Crippen molar-refractivity contribution in [2.45, 2.75) is 18.9 Å². The molecule has 2 aromatic carbocycles. The highest BCUT2D eigenvalue weighted by atomic mass is 32.1. The van der Waals surface area contributed by atoms with E-state index in [0.717, 1.165) is 5.01 Å². The average molecular weight is 372 g/mol. The first kappa shape index (κ1) is 17.8. The fourth-order valence-corrected chi connectivity index (χ4v) is 3.05. The summed E-state index contributed by atoms with van der Waals surface area (Å²) in [7, 11) is 0. The molecule has 0 unspecified atom stereocenters. The second-order valence-electron chi connectivity index (χ2n) is 5.74. The molecule has 1 heterocycles. The van der Waals surface area contributed by atoms with E-state index in [4.69, 9.17) is 12.2 Å². The Balaban J connectivity index is 1.79. The van der Waals surface area contributed by atoms with Gasteiger partial charge in [-0.2, -0.15) is 5.01 Å². The van der Waals surface area contributed by atoms with Crippen molar-refractivity contribution in [3.05, 3.63) is 66.0 Å². The molecule has 3 amide bonds. The third-order valence-corrected chi connectivity index (χ3v) is 4.42. The number of amides is 3. The van der Waals surface area contributed by atoms with Gasteiger partial charge in [-0.05, 0) is 36.3 Å². The van der Waals surface area contributed by atoms with Crippen LogP contribution < -0.4 is 16.1 Å². The van der Waals surface area contributed by atoms with E-state index in [0.29, 0.717) is 12.0 Å². The van der Waals surface area contributed by atoms with Crippen molar-refractivity contribution in [2.24, 2.45) is 0 Å². The maximum absolute atomic E-state index is 13.7. The van der Waals surface area contributed by atoms with Crippen molar-refractivity contribution >= 4 is 35.0 Å². The van der Waals surface area contributed by atoms with Gasteiger partial charge in [-0.1, -0.05) is 49.4 Å². The number of carbonyl (C=O) groups excluding carboxylic acids is 2. The molecule has 26 heavy (non-hydrogen) atoms. The normalized spacial score (nSPS) is 19.2. The summed E-state index contributed by atoms with van der Waals surface area (Å²) in [4.78, 5) is 25.3. The molecule has 3 N–H and O–H groups in total. The van der Waals surface area contributed by atoms with Crippen LogP contribution in [0, 0.1) is 5.82 Å². The molecule has 0 bridgehead atoms. The highest BCUT2D eigenvalue weighted by Gasteiger charge is 2.51. The number of anilines is 1. The second kappa shape index (κ2) is 7.09. The number of hydrogen-bond acceptors (Lipinski definition) is 3. The highest BCUT2D eigenvalue weighted by molar-refractivity contribution is 7.80. The molecule has 0 aliphatic carbocycles. The highest BCUT2D eigenvalue weighted by Crippen LogP contribution is 2.31. The zero-order valence-corrected chi connectivity index (χ0v) is 14.8. The van der Waals surface area contributed by atoms with Crippen molar-refractivity contribution in [1.29, 1.82) is 0 Å². The van der Waals surface area contributed by atoms with Gasteiger partial charge in [0.1, 0.15) is 11.4 Å². The molecule has 1 fully saturated rings. The third-order valence-electron chi connectivity index (χ3n) is 4.22. The number of imide groups is 1. The largest absolute Gasteiger partial charge is 0.344 e. The summed E-state index contributed by atoms with van der Waals surface area (Å²) < 4.78 is 13.7. The number of benzene rings is 2. The van der Waals surface area contributed by atoms with Gasteiger partial charge in [-0.3, -0.25) is 10.2 Å². The summed E-state index contributed by atoms with van der Waals surface area (Å²) in [5, 5.41) is 6.10. The van der Waals surface area contributed by atoms with Gasteiger partial charge in [0.15, 0.2) is 5.11 Å². The van der Waals surface area contributed by atoms with Crippen LogP contribution in [0.4, 0.5) is 14.9 Å². The number of para-hydroxylation sites is 1. The molecule has 8 heteroatoms. The summed E-state index contributed by atoms with van der Waals surface area (Å²) >= 11 is 5.10. The Bertz CT molecular complexity index is 861. The molecule has 0 aromatic heterocycles. The minimum atomic E-state index is -1.17. The Labute approximate surface area is 155 Å². The number of nitrogens with one attached hydrogen (secondary N) is 3. The number of rotatable bonds is 4. The van der Waals surface area contributed by atoms with Crippen LogP contribution in [-0.2, 0) is 10.3 Å². The number of halogens is 1. The van der Waals surface area contributed by atoms with Crippen LogP contribution in [0.15, 0.2) is 54.6 Å². The van der Waals surface area contributed by atoms with Crippen LogP contribution in [0.2, 0.25) is 0 Å². The Morgan fingerprint density at radius 3 is 2.46 bits per heavy atom. The Kier molecular flexibility index (Phi) is 4.85. The average Bonchev–Trinajstić information content (AvgIpc) is 2.89. The maximum atomic E-state index is 13.7. The lowest BCUT2D eigenvalue weighted by Gasteiger charge is -2.25. The van der Waals surface area contributed by atoms with E-state index in [-0.39, 0.29) is 10.8 Å². The number of nitrogens with zero attached hydrogens (tertiary/aromatic N) is 1. The fourth-order valence-electron chi connectivity index (χ4n) is 2.85. The predicted octanol–water partition coefficient (Wildman–Crippen LogP) is 2.88. The third kappa shape index (κ3) is 3.11. The van der Waals surface area contributed by atoms with Crippen LogP contribution in [0.5, 0.6) is 0 Å². The standard InChI is InChI=1S/C18H17FN4O2S/c1-2-18(12-8-4-3-5-9-12)15(24)23(17(25)21-18)22-16(26)20-14-11-7-6-10-13(14)19/h3-11H,2H2,1H3,(H,21,25)(H2,20,22,26)/t18-/m0/s1. The lowest BCUT2D eigenvalue weighted by molar-refractivity contribution is -0.133. The number of hydrazine groups is 1. The lowest BCUT2D eigenvalue weighted by Crippen LogP contribution is -2.49. The van der Waals surface area contributed by atoms with Gasteiger partial charge in [0.25, 0.3) is 5.91 Å². The van der Waals surface area contributed by atoms with Crippen LogP contribution in [0.1, 0.15) is 18.9 Å². The molecule has 0 radical (unpaired) electrons. The Morgan fingerprint density at radius 1 is 1.15 bits per heavy atom. The van der Waals surface area contributed by atoms with E-state index in [1.807, 2.05) is 13.0 Å². The van der Waals surface area contributed by atoms with Crippen molar-refractivity contribution in [2.75, 3.05) is 5.32 Å². The monoisotopic (exact) mass is 372 g/mol. The molecule has 2 aromatic rings. The van der Waals surface area contributed by atoms with Gasteiger partial charge in [-0.25, -0.2) is 9.18 Å². The van der Waals surface area contributed by atoms with Gasteiger partial charge < -0.3 is 10.6 Å². The van der Waals surface area contributed by atoms with Crippen LogP contribution in [-0.4, -0.2) is 22.1 Å². The molecule has 0 saturated carbocycles. The number of carbonyl (C=O) groups is 2. The van der Waals surface area contributed by atoms with Crippen molar-refractivity contribution in [1.82, 2.24) is 15.8 Å². The molecule has 1 aliphatic rings. The molecule has 1 saturated heterocycles. The van der Waals surface area contributed by atoms with E-state index in [2.05, 4.69) is 16.1 Å². The van der Waals surface area contributed by atoms with Crippen molar-refractivity contribution in [3.8, 4) is 0 Å². The zero-order valence-electron chi connectivity index (χ0n) is 14.0. The van der Waals surface area contributed by atoms with Crippen molar-refractivity contribution < 1.29 is 14.0 Å². The first-order valence-corrected chi connectivity index (χ1v) is 8.43. The van der Waals surface area contributed by atoms with Crippen LogP contribution in [0.25, 0.3) is 0 Å². The summed E-state index contributed by atoms with van der Waals surface area (Å²) in [6, 6.07) is 14.3.